The van der Waals surface area contributed by atoms with Crippen LogP contribution in [0.2, 0.25) is 0 Å². The van der Waals surface area contributed by atoms with Crippen LogP contribution < -0.4 is 11.1 Å². The smallest absolute Gasteiger partial charge is 0.0186 e. The van der Waals surface area contributed by atoms with Crippen LogP contribution in [0.4, 0.5) is 0 Å². The number of hydrogen-bond donors (Lipinski definition) is 2. The number of likely N-dealkylation sites (N-methyl/N-ethyl adjacent to an activating group) is 1. The van der Waals surface area contributed by atoms with Crippen LogP contribution in [0.1, 0.15) is 32.6 Å². The summed E-state index contributed by atoms with van der Waals surface area (Å²) < 4.78 is 0. The van der Waals surface area contributed by atoms with Gasteiger partial charge >= 0.3 is 0 Å². The molecular formula is C11H25N3. The third kappa shape index (κ3) is 3.95. The van der Waals surface area contributed by atoms with Crippen molar-refractivity contribution in [2.24, 2.45) is 5.73 Å². The van der Waals surface area contributed by atoms with Crippen LogP contribution in [0, 0.1) is 0 Å². The summed E-state index contributed by atoms with van der Waals surface area (Å²) in [6.07, 6.45) is 4.88. The monoisotopic (exact) mass is 199 g/mol. The zero-order chi connectivity index (χ0) is 10.6. The molecule has 1 rings (SSSR count). The lowest BCUT2D eigenvalue weighted by Crippen LogP contribution is -2.43. The summed E-state index contributed by atoms with van der Waals surface area (Å²) in [5.74, 6) is 0. The van der Waals surface area contributed by atoms with E-state index >= 15 is 0 Å². The maximum Gasteiger partial charge on any atom is 0.0186 e. The normalized spacial score (nSPS) is 30.6. The van der Waals surface area contributed by atoms with Gasteiger partial charge in [0, 0.05) is 24.7 Å². The lowest BCUT2D eigenvalue weighted by atomic mass is 9.92. The van der Waals surface area contributed by atoms with Crippen molar-refractivity contribution in [1.82, 2.24) is 10.2 Å². The number of rotatable bonds is 4. The summed E-state index contributed by atoms with van der Waals surface area (Å²) in [5.41, 5.74) is 5.87. The number of hydrogen-bond acceptors (Lipinski definition) is 3. The Bertz CT molecular complexity index is 151. The zero-order valence-electron chi connectivity index (χ0n) is 9.79. The Morgan fingerprint density at radius 2 is 1.86 bits per heavy atom. The van der Waals surface area contributed by atoms with Crippen LogP contribution in [-0.2, 0) is 0 Å². The molecule has 0 heterocycles. The van der Waals surface area contributed by atoms with E-state index in [1.807, 2.05) is 0 Å². The lowest BCUT2D eigenvalue weighted by molar-refractivity contribution is 0.271. The highest BCUT2D eigenvalue weighted by atomic mass is 15.1. The lowest BCUT2D eigenvalue weighted by Gasteiger charge is -2.29. The summed E-state index contributed by atoms with van der Waals surface area (Å²) in [5, 5.41) is 3.63. The fraction of sp³-hybridized carbons (Fsp3) is 1.00. The second-order valence-electron chi connectivity index (χ2n) is 4.83. The molecule has 1 unspecified atom stereocenters. The summed E-state index contributed by atoms with van der Waals surface area (Å²) >= 11 is 0. The van der Waals surface area contributed by atoms with Crippen LogP contribution in [0.25, 0.3) is 0 Å². The first kappa shape index (κ1) is 12.0. The maximum absolute atomic E-state index is 5.87. The number of nitrogens with zero attached hydrogens (tertiary/aromatic N) is 1. The highest BCUT2D eigenvalue weighted by Crippen LogP contribution is 2.16. The molecule has 14 heavy (non-hydrogen) atoms. The van der Waals surface area contributed by atoms with Crippen LogP contribution in [0.3, 0.4) is 0 Å². The molecule has 1 fully saturated rings. The van der Waals surface area contributed by atoms with Crippen molar-refractivity contribution < 1.29 is 0 Å². The van der Waals surface area contributed by atoms with E-state index in [9.17, 15) is 0 Å². The molecule has 0 saturated heterocycles. The van der Waals surface area contributed by atoms with E-state index in [-0.39, 0.29) is 0 Å². The first-order chi connectivity index (χ1) is 6.59. The molecule has 1 saturated carbocycles. The van der Waals surface area contributed by atoms with Gasteiger partial charge in [0.2, 0.25) is 0 Å². The molecule has 0 aromatic carbocycles. The van der Waals surface area contributed by atoms with E-state index in [2.05, 4.69) is 31.2 Å². The first-order valence-corrected chi connectivity index (χ1v) is 5.75. The molecular weight excluding hydrogens is 174 g/mol. The van der Waals surface area contributed by atoms with Crippen molar-refractivity contribution >= 4 is 0 Å². The molecule has 3 heteroatoms. The molecule has 84 valence electrons. The van der Waals surface area contributed by atoms with Crippen molar-refractivity contribution in [2.45, 2.75) is 50.7 Å². The molecule has 3 N–H and O–H groups in total. The topological polar surface area (TPSA) is 41.3 Å². The molecule has 1 aliphatic rings. The highest BCUT2D eigenvalue weighted by Gasteiger charge is 2.18. The summed E-state index contributed by atoms with van der Waals surface area (Å²) in [4.78, 5) is 2.25. The molecule has 0 amide bonds. The van der Waals surface area contributed by atoms with Crippen molar-refractivity contribution in [2.75, 3.05) is 20.6 Å². The molecule has 1 aliphatic carbocycles. The Balaban J connectivity index is 2.13. The molecule has 0 aromatic heterocycles. The van der Waals surface area contributed by atoms with Gasteiger partial charge in [-0.25, -0.2) is 0 Å². The Kier molecular flexibility index (Phi) is 4.85. The molecule has 1 atom stereocenters. The fourth-order valence-electron chi connectivity index (χ4n) is 1.84. The third-order valence-electron chi connectivity index (χ3n) is 3.36. The van der Waals surface area contributed by atoms with Crippen LogP contribution in [0.5, 0.6) is 0 Å². The zero-order valence-corrected chi connectivity index (χ0v) is 9.79. The molecule has 0 aromatic rings. The van der Waals surface area contributed by atoms with Gasteiger partial charge in [-0.1, -0.05) is 0 Å². The second-order valence-corrected chi connectivity index (χ2v) is 4.83. The molecule has 0 bridgehead atoms. The minimum atomic E-state index is 0.458. The average Bonchev–Trinajstić information content (AvgIpc) is 2.16. The number of nitrogens with two attached hydrogens (primary N) is 1. The van der Waals surface area contributed by atoms with Crippen LogP contribution >= 0.6 is 0 Å². The van der Waals surface area contributed by atoms with Gasteiger partial charge in [0.1, 0.15) is 0 Å². The van der Waals surface area contributed by atoms with E-state index in [0.717, 1.165) is 6.54 Å². The Morgan fingerprint density at radius 1 is 1.29 bits per heavy atom. The van der Waals surface area contributed by atoms with E-state index in [1.54, 1.807) is 0 Å². The van der Waals surface area contributed by atoms with E-state index in [4.69, 9.17) is 5.73 Å². The number of nitrogens with one attached hydrogen (secondary N) is 1. The van der Waals surface area contributed by atoms with Crippen LogP contribution in [-0.4, -0.2) is 43.7 Å². The minimum Gasteiger partial charge on any atom is -0.328 e. The quantitative estimate of drug-likeness (QED) is 0.703. The third-order valence-corrected chi connectivity index (χ3v) is 3.36. The Morgan fingerprint density at radius 3 is 2.36 bits per heavy atom. The summed E-state index contributed by atoms with van der Waals surface area (Å²) in [6, 6.07) is 1.78. The van der Waals surface area contributed by atoms with E-state index < -0.39 is 0 Å². The molecule has 0 spiro atoms. The van der Waals surface area contributed by atoms with Crippen LogP contribution in [0.15, 0.2) is 0 Å². The Hall–Kier alpha value is -0.120. The second kappa shape index (κ2) is 5.69. The fourth-order valence-corrected chi connectivity index (χ4v) is 1.84. The maximum atomic E-state index is 5.87. The standard InChI is InChI=1S/C11H25N3/c1-9(14(2)3)8-13-11-6-4-10(12)5-7-11/h9-11,13H,4-8,12H2,1-3H3. The van der Waals surface area contributed by atoms with Crippen molar-refractivity contribution in [3.8, 4) is 0 Å². The highest BCUT2D eigenvalue weighted by molar-refractivity contribution is 4.79. The van der Waals surface area contributed by atoms with Gasteiger partial charge < -0.3 is 16.0 Å². The van der Waals surface area contributed by atoms with Gasteiger partial charge in [0.15, 0.2) is 0 Å². The predicted molar refractivity (Wildman–Crippen MR) is 61.4 cm³/mol. The van der Waals surface area contributed by atoms with Gasteiger partial charge in [-0.2, -0.15) is 0 Å². The van der Waals surface area contributed by atoms with E-state index in [0.29, 0.717) is 18.1 Å². The van der Waals surface area contributed by atoms with Gasteiger partial charge in [-0.3, -0.25) is 0 Å². The van der Waals surface area contributed by atoms with Crippen molar-refractivity contribution in [1.29, 1.82) is 0 Å². The largest absolute Gasteiger partial charge is 0.328 e. The van der Waals surface area contributed by atoms with Gasteiger partial charge in [-0.15, -0.1) is 0 Å². The SMILES string of the molecule is CC(CNC1CCC(N)CC1)N(C)C. The summed E-state index contributed by atoms with van der Waals surface area (Å²) in [7, 11) is 4.26. The minimum absolute atomic E-state index is 0.458. The van der Waals surface area contributed by atoms with E-state index in [1.165, 1.54) is 25.7 Å². The first-order valence-electron chi connectivity index (χ1n) is 5.75. The molecule has 0 radical (unpaired) electrons. The molecule has 3 nitrogen and oxygen atoms in total. The average molecular weight is 199 g/mol. The van der Waals surface area contributed by atoms with Crippen molar-refractivity contribution in [3.05, 3.63) is 0 Å². The van der Waals surface area contributed by atoms with Gasteiger partial charge in [-0.05, 0) is 46.7 Å². The predicted octanol–water partition coefficient (Wildman–Crippen LogP) is 0.796. The van der Waals surface area contributed by atoms with Gasteiger partial charge in [0.05, 0.1) is 0 Å². The van der Waals surface area contributed by atoms with Crippen molar-refractivity contribution in [3.63, 3.8) is 0 Å². The summed E-state index contributed by atoms with van der Waals surface area (Å²) in [6.45, 7) is 3.34. The molecule has 0 aliphatic heterocycles. The Labute approximate surface area is 88.0 Å². The van der Waals surface area contributed by atoms with Gasteiger partial charge in [0.25, 0.3) is 0 Å².